The predicted octanol–water partition coefficient (Wildman–Crippen LogP) is 3.09. The third-order valence-corrected chi connectivity index (χ3v) is 7.44. The molecule has 7 nitrogen and oxygen atoms in total. The molecule has 0 aliphatic carbocycles. The Morgan fingerprint density at radius 1 is 1.10 bits per heavy atom. The van der Waals surface area contributed by atoms with Gasteiger partial charge in [-0.25, -0.2) is 12.7 Å². The van der Waals surface area contributed by atoms with Gasteiger partial charge >= 0.3 is 0 Å². The molecule has 1 heterocycles. The van der Waals surface area contributed by atoms with Crippen LogP contribution >= 0.6 is 11.6 Å². The summed E-state index contributed by atoms with van der Waals surface area (Å²) in [6, 6.07) is 14.2. The molecule has 0 spiro atoms. The van der Waals surface area contributed by atoms with Crippen molar-refractivity contribution in [2.24, 2.45) is 5.92 Å². The maximum Gasteiger partial charge on any atom is 0.223 e. The van der Waals surface area contributed by atoms with Gasteiger partial charge in [0.2, 0.25) is 15.9 Å². The second kappa shape index (κ2) is 10.8. The van der Waals surface area contributed by atoms with Gasteiger partial charge in [0, 0.05) is 24.0 Å². The lowest BCUT2D eigenvalue weighted by Gasteiger charge is -2.30. The van der Waals surface area contributed by atoms with E-state index in [0.29, 0.717) is 55.4 Å². The quantitative estimate of drug-likeness (QED) is 0.574. The van der Waals surface area contributed by atoms with Crippen molar-refractivity contribution in [3.63, 3.8) is 0 Å². The number of sulfonamides is 1. The first kappa shape index (κ1) is 23.4. The van der Waals surface area contributed by atoms with E-state index >= 15 is 0 Å². The molecule has 0 unspecified atom stereocenters. The number of methoxy groups -OCH3 is 1. The molecule has 2 aromatic rings. The lowest BCUT2D eigenvalue weighted by atomic mass is 9.97. The van der Waals surface area contributed by atoms with Gasteiger partial charge in [0.1, 0.15) is 18.1 Å². The zero-order valence-electron chi connectivity index (χ0n) is 17.4. The molecule has 2 aromatic carbocycles. The molecule has 0 atom stereocenters. The van der Waals surface area contributed by atoms with Crippen LogP contribution in [0.15, 0.2) is 48.5 Å². The van der Waals surface area contributed by atoms with Crippen LogP contribution in [-0.2, 0) is 20.6 Å². The molecule has 1 aliphatic heterocycles. The minimum Gasteiger partial charge on any atom is -0.497 e. The van der Waals surface area contributed by atoms with Crippen LogP contribution in [0.3, 0.4) is 0 Å². The topological polar surface area (TPSA) is 84.9 Å². The summed E-state index contributed by atoms with van der Waals surface area (Å²) >= 11 is 6.10. The number of benzene rings is 2. The molecular weight excluding hydrogens is 440 g/mol. The molecule has 0 saturated carbocycles. The largest absolute Gasteiger partial charge is 0.497 e. The molecule has 0 aromatic heterocycles. The maximum absolute atomic E-state index is 12.7. The maximum atomic E-state index is 12.7. The van der Waals surface area contributed by atoms with Crippen LogP contribution < -0.4 is 14.8 Å². The molecule has 168 valence electrons. The van der Waals surface area contributed by atoms with E-state index in [0.717, 1.165) is 5.75 Å². The van der Waals surface area contributed by atoms with Crippen molar-refractivity contribution in [3.8, 4) is 11.5 Å². The van der Waals surface area contributed by atoms with E-state index in [1.807, 2.05) is 12.1 Å². The SMILES string of the molecule is COc1ccc(OCCNC(=O)C2CCN(S(=O)(=O)Cc3ccccc3Cl)CC2)cc1. The van der Waals surface area contributed by atoms with E-state index in [1.165, 1.54) is 4.31 Å². The summed E-state index contributed by atoms with van der Waals surface area (Å²) in [6.45, 7) is 1.39. The van der Waals surface area contributed by atoms with Crippen LogP contribution in [0.2, 0.25) is 5.02 Å². The Hall–Kier alpha value is -2.29. The third kappa shape index (κ3) is 6.59. The lowest BCUT2D eigenvalue weighted by molar-refractivity contribution is -0.126. The van der Waals surface area contributed by atoms with E-state index in [1.54, 1.807) is 43.5 Å². The number of nitrogens with one attached hydrogen (secondary N) is 1. The number of hydrogen-bond acceptors (Lipinski definition) is 5. The van der Waals surface area contributed by atoms with Crippen molar-refractivity contribution in [2.75, 3.05) is 33.4 Å². The molecule has 1 N–H and O–H groups in total. The Bertz CT molecular complexity index is 974. The molecular formula is C22H27ClN2O5S. The average Bonchev–Trinajstić information content (AvgIpc) is 2.78. The summed E-state index contributed by atoms with van der Waals surface area (Å²) in [4.78, 5) is 12.4. The van der Waals surface area contributed by atoms with Crippen LogP contribution in [0.1, 0.15) is 18.4 Å². The number of carbonyl (C=O) groups is 1. The first-order valence-electron chi connectivity index (χ1n) is 10.1. The summed E-state index contributed by atoms with van der Waals surface area (Å²) in [5.74, 6) is 1.05. The molecule has 1 fully saturated rings. The zero-order chi connectivity index (χ0) is 22.3. The summed E-state index contributed by atoms with van der Waals surface area (Å²) in [7, 11) is -1.87. The van der Waals surface area contributed by atoms with Gasteiger partial charge < -0.3 is 14.8 Å². The van der Waals surface area contributed by atoms with E-state index in [-0.39, 0.29) is 17.6 Å². The Labute approximate surface area is 188 Å². The molecule has 1 aliphatic rings. The van der Waals surface area contributed by atoms with Gasteiger partial charge in [0.25, 0.3) is 0 Å². The lowest BCUT2D eigenvalue weighted by Crippen LogP contribution is -2.43. The van der Waals surface area contributed by atoms with Crippen molar-refractivity contribution in [3.05, 3.63) is 59.1 Å². The van der Waals surface area contributed by atoms with Crippen LogP contribution in [0.5, 0.6) is 11.5 Å². The summed E-state index contributed by atoms with van der Waals surface area (Å²) < 4.78 is 37.6. The predicted molar refractivity (Wildman–Crippen MR) is 120 cm³/mol. The fraction of sp³-hybridized carbons (Fsp3) is 0.409. The molecule has 9 heteroatoms. The number of halogens is 1. The molecule has 0 bridgehead atoms. The second-order valence-electron chi connectivity index (χ2n) is 7.34. The highest BCUT2D eigenvalue weighted by molar-refractivity contribution is 7.88. The molecule has 1 amide bonds. The van der Waals surface area contributed by atoms with Crippen molar-refractivity contribution >= 4 is 27.5 Å². The standard InChI is InChI=1S/C22H27ClN2O5S/c1-29-19-6-8-20(9-7-19)30-15-12-24-22(26)17-10-13-25(14-11-17)31(27,28)16-18-4-2-3-5-21(18)23/h2-9,17H,10-16H2,1H3,(H,24,26). The van der Waals surface area contributed by atoms with Crippen molar-refractivity contribution < 1.29 is 22.7 Å². The van der Waals surface area contributed by atoms with Gasteiger partial charge in [-0.2, -0.15) is 0 Å². The molecule has 31 heavy (non-hydrogen) atoms. The van der Waals surface area contributed by atoms with Gasteiger partial charge in [-0.15, -0.1) is 0 Å². The number of piperidine rings is 1. The van der Waals surface area contributed by atoms with Crippen LogP contribution in [0.4, 0.5) is 0 Å². The van der Waals surface area contributed by atoms with Crippen molar-refractivity contribution in [2.45, 2.75) is 18.6 Å². The summed E-state index contributed by atoms with van der Waals surface area (Å²) in [5.41, 5.74) is 0.584. The van der Waals surface area contributed by atoms with E-state index in [4.69, 9.17) is 21.1 Å². The van der Waals surface area contributed by atoms with Gasteiger partial charge in [0.15, 0.2) is 0 Å². The summed E-state index contributed by atoms with van der Waals surface area (Å²) in [6.07, 6.45) is 0.986. The monoisotopic (exact) mass is 466 g/mol. The fourth-order valence-corrected chi connectivity index (χ4v) is 5.34. The number of rotatable bonds is 9. The van der Waals surface area contributed by atoms with E-state index in [2.05, 4.69) is 5.32 Å². The zero-order valence-corrected chi connectivity index (χ0v) is 19.0. The van der Waals surface area contributed by atoms with E-state index < -0.39 is 10.0 Å². The second-order valence-corrected chi connectivity index (χ2v) is 9.71. The average molecular weight is 467 g/mol. The fourth-order valence-electron chi connectivity index (χ4n) is 3.46. The molecule has 0 radical (unpaired) electrons. The highest BCUT2D eigenvalue weighted by Gasteiger charge is 2.31. The van der Waals surface area contributed by atoms with Crippen molar-refractivity contribution in [1.82, 2.24) is 9.62 Å². The Morgan fingerprint density at radius 3 is 2.39 bits per heavy atom. The minimum absolute atomic E-state index is 0.0681. The molecule has 3 rings (SSSR count). The highest BCUT2D eigenvalue weighted by atomic mass is 35.5. The van der Waals surface area contributed by atoms with Crippen molar-refractivity contribution in [1.29, 1.82) is 0 Å². The Balaban J connectivity index is 1.40. The number of nitrogens with zero attached hydrogens (tertiary/aromatic N) is 1. The van der Waals surface area contributed by atoms with Gasteiger partial charge in [0.05, 0.1) is 19.4 Å². The smallest absolute Gasteiger partial charge is 0.223 e. The normalized spacial score (nSPS) is 15.4. The Morgan fingerprint density at radius 2 is 1.74 bits per heavy atom. The Kier molecular flexibility index (Phi) is 8.17. The first-order valence-corrected chi connectivity index (χ1v) is 12.1. The van der Waals surface area contributed by atoms with Crippen LogP contribution in [-0.4, -0.2) is 52.0 Å². The molecule has 1 saturated heterocycles. The number of hydrogen-bond donors (Lipinski definition) is 1. The van der Waals surface area contributed by atoms with Gasteiger partial charge in [-0.1, -0.05) is 29.8 Å². The number of carbonyl (C=O) groups excluding carboxylic acids is 1. The van der Waals surface area contributed by atoms with Crippen LogP contribution in [0, 0.1) is 5.92 Å². The number of ether oxygens (including phenoxy) is 2. The minimum atomic E-state index is -3.48. The van der Waals surface area contributed by atoms with Crippen LogP contribution in [0.25, 0.3) is 0 Å². The van der Waals surface area contributed by atoms with Gasteiger partial charge in [-0.05, 0) is 48.7 Å². The highest BCUT2D eigenvalue weighted by Crippen LogP contribution is 2.24. The number of amides is 1. The first-order chi connectivity index (χ1) is 14.9. The third-order valence-electron chi connectivity index (χ3n) is 5.24. The summed E-state index contributed by atoms with van der Waals surface area (Å²) in [5, 5.41) is 3.31. The van der Waals surface area contributed by atoms with E-state index in [9.17, 15) is 13.2 Å². The van der Waals surface area contributed by atoms with Gasteiger partial charge in [-0.3, -0.25) is 4.79 Å².